The largest absolute Gasteiger partial charge is 0.339 e. The zero-order valence-electron chi connectivity index (χ0n) is 12.9. The molecule has 0 saturated carbocycles. The van der Waals surface area contributed by atoms with Gasteiger partial charge in [-0.25, -0.2) is 0 Å². The molecule has 0 amide bonds. The number of hydrogen-bond acceptors (Lipinski definition) is 6. The number of pyridine rings is 1. The Balaban J connectivity index is 0.00000176. The summed E-state index contributed by atoms with van der Waals surface area (Å²) in [6, 6.07) is 4.40. The second-order valence-electron chi connectivity index (χ2n) is 5.68. The van der Waals surface area contributed by atoms with Crippen LogP contribution in [0.25, 0.3) is 0 Å². The van der Waals surface area contributed by atoms with Gasteiger partial charge in [-0.3, -0.25) is 9.88 Å². The van der Waals surface area contributed by atoms with Crippen LogP contribution in [0, 0.1) is 0 Å². The van der Waals surface area contributed by atoms with Crippen molar-refractivity contribution in [2.45, 2.75) is 32.4 Å². The molecule has 1 aliphatic rings. The van der Waals surface area contributed by atoms with E-state index in [4.69, 9.17) is 4.52 Å². The number of nitrogens with one attached hydrogen (secondary N) is 1. The predicted molar refractivity (Wildman–Crippen MR) is 85.9 cm³/mol. The highest BCUT2D eigenvalue weighted by Gasteiger charge is 2.25. The van der Waals surface area contributed by atoms with Gasteiger partial charge in [0.25, 0.3) is 0 Å². The normalized spacial score (nSPS) is 19.1. The molecule has 2 aromatic rings. The number of nitrogens with zero attached hydrogens (tertiary/aromatic N) is 4. The summed E-state index contributed by atoms with van der Waals surface area (Å²) in [5, 5.41) is 7.53. The second-order valence-corrected chi connectivity index (χ2v) is 5.68. The first kappa shape index (κ1) is 16.9. The average molecular weight is 324 g/mol. The highest BCUT2D eigenvalue weighted by Crippen LogP contribution is 2.23. The zero-order chi connectivity index (χ0) is 14.7. The summed E-state index contributed by atoms with van der Waals surface area (Å²) in [6.45, 7) is 7.68. The summed E-state index contributed by atoms with van der Waals surface area (Å²) in [6.07, 6.45) is 3.73. The van der Waals surface area contributed by atoms with E-state index < -0.39 is 0 Å². The van der Waals surface area contributed by atoms with Gasteiger partial charge in [-0.1, -0.05) is 25.1 Å². The molecule has 6 nitrogen and oxygen atoms in total. The highest BCUT2D eigenvalue weighted by molar-refractivity contribution is 5.85. The monoisotopic (exact) mass is 323 g/mol. The van der Waals surface area contributed by atoms with Gasteiger partial charge in [-0.2, -0.15) is 4.98 Å². The quantitative estimate of drug-likeness (QED) is 0.930. The Morgan fingerprint density at radius 1 is 1.45 bits per heavy atom. The molecule has 0 spiro atoms. The van der Waals surface area contributed by atoms with Crippen LogP contribution in [-0.2, 0) is 6.54 Å². The first-order chi connectivity index (χ1) is 10.2. The van der Waals surface area contributed by atoms with E-state index in [1.54, 1.807) is 6.20 Å². The van der Waals surface area contributed by atoms with Crippen molar-refractivity contribution in [3.05, 3.63) is 41.8 Å². The Bertz CT molecular complexity index is 574. The van der Waals surface area contributed by atoms with E-state index in [0.29, 0.717) is 18.5 Å². The highest BCUT2D eigenvalue weighted by atomic mass is 35.5. The van der Waals surface area contributed by atoms with E-state index in [0.717, 1.165) is 25.5 Å². The van der Waals surface area contributed by atoms with Crippen LogP contribution in [0.1, 0.15) is 43.1 Å². The van der Waals surface area contributed by atoms with Crippen molar-refractivity contribution in [2.24, 2.45) is 0 Å². The van der Waals surface area contributed by atoms with Crippen LogP contribution in [0.2, 0.25) is 0 Å². The fourth-order valence-electron chi connectivity index (χ4n) is 2.59. The molecule has 22 heavy (non-hydrogen) atoms. The molecule has 7 heteroatoms. The number of aromatic nitrogens is 3. The SMILES string of the molecule is CC(C)c1nc(CN2CCNCC2c2cccnc2)no1.Cl. The number of rotatable bonds is 4. The molecule has 1 N–H and O–H groups in total. The average Bonchev–Trinajstić information content (AvgIpc) is 2.98. The molecule has 1 unspecified atom stereocenters. The van der Waals surface area contributed by atoms with Gasteiger partial charge in [-0.15, -0.1) is 12.4 Å². The summed E-state index contributed by atoms with van der Waals surface area (Å²) in [4.78, 5) is 11.1. The van der Waals surface area contributed by atoms with E-state index in [-0.39, 0.29) is 18.3 Å². The summed E-state index contributed by atoms with van der Waals surface area (Å²) < 4.78 is 5.29. The van der Waals surface area contributed by atoms with Crippen molar-refractivity contribution < 1.29 is 4.52 Å². The second kappa shape index (κ2) is 7.67. The molecule has 120 valence electrons. The number of hydrogen-bond donors (Lipinski definition) is 1. The van der Waals surface area contributed by atoms with Crippen molar-refractivity contribution in [2.75, 3.05) is 19.6 Å². The predicted octanol–water partition coefficient (Wildman–Crippen LogP) is 2.16. The van der Waals surface area contributed by atoms with Crippen molar-refractivity contribution >= 4 is 12.4 Å². The minimum Gasteiger partial charge on any atom is -0.339 e. The fourth-order valence-corrected chi connectivity index (χ4v) is 2.59. The topological polar surface area (TPSA) is 67.1 Å². The molecule has 0 aromatic carbocycles. The molecule has 1 fully saturated rings. The van der Waals surface area contributed by atoms with Gasteiger partial charge in [0.1, 0.15) is 0 Å². The van der Waals surface area contributed by atoms with E-state index in [1.165, 1.54) is 5.56 Å². The third-order valence-corrected chi connectivity index (χ3v) is 3.75. The fraction of sp³-hybridized carbons (Fsp3) is 0.533. The maximum absolute atomic E-state index is 5.29. The van der Waals surface area contributed by atoms with Crippen molar-refractivity contribution in [1.82, 2.24) is 25.3 Å². The van der Waals surface area contributed by atoms with Crippen LogP contribution in [0.4, 0.5) is 0 Å². The van der Waals surface area contributed by atoms with E-state index >= 15 is 0 Å². The number of piperazine rings is 1. The number of halogens is 1. The summed E-state index contributed by atoms with van der Waals surface area (Å²) in [7, 11) is 0. The van der Waals surface area contributed by atoms with Crippen molar-refractivity contribution in [3.8, 4) is 0 Å². The van der Waals surface area contributed by atoms with Gasteiger partial charge in [0.05, 0.1) is 6.54 Å². The Kier molecular flexibility index (Phi) is 5.88. The van der Waals surface area contributed by atoms with Gasteiger partial charge in [0, 0.05) is 44.0 Å². The summed E-state index contributed by atoms with van der Waals surface area (Å²) >= 11 is 0. The molecule has 1 aliphatic heterocycles. The van der Waals surface area contributed by atoms with E-state index in [1.807, 2.05) is 12.3 Å². The zero-order valence-corrected chi connectivity index (χ0v) is 13.7. The van der Waals surface area contributed by atoms with Gasteiger partial charge in [0.2, 0.25) is 5.89 Å². The maximum Gasteiger partial charge on any atom is 0.229 e. The molecule has 3 heterocycles. The molecule has 1 saturated heterocycles. The Morgan fingerprint density at radius 3 is 3.00 bits per heavy atom. The van der Waals surface area contributed by atoms with Crippen LogP contribution < -0.4 is 5.32 Å². The van der Waals surface area contributed by atoms with Crippen LogP contribution in [0.5, 0.6) is 0 Å². The minimum absolute atomic E-state index is 0. The molecule has 2 aromatic heterocycles. The Hall–Kier alpha value is -1.50. The van der Waals surface area contributed by atoms with Gasteiger partial charge in [0.15, 0.2) is 5.82 Å². The first-order valence-electron chi connectivity index (χ1n) is 7.41. The first-order valence-corrected chi connectivity index (χ1v) is 7.41. The molecule has 1 atom stereocenters. The van der Waals surface area contributed by atoms with Crippen molar-refractivity contribution in [1.29, 1.82) is 0 Å². The van der Waals surface area contributed by atoms with Gasteiger partial charge >= 0.3 is 0 Å². The lowest BCUT2D eigenvalue weighted by molar-refractivity contribution is 0.148. The minimum atomic E-state index is 0. The lowest BCUT2D eigenvalue weighted by atomic mass is 10.1. The lowest BCUT2D eigenvalue weighted by Gasteiger charge is -2.35. The molecule has 0 radical (unpaired) electrons. The van der Waals surface area contributed by atoms with E-state index in [2.05, 4.69) is 45.3 Å². The summed E-state index contributed by atoms with van der Waals surface area (Å²) in [5.41, 5.74) is 1.22. The molecule has 3 rings (SSSR count). The van der Waals surface area contributed by atoms with Crippen LogP contribution in [-0.4, -0.2) is 39.7 Å². The lowest BCUT2D eigenvalue weighted by Crippen LogP contribution is -2.45. The molecule has 0 aliphatic carbocycles. The maximum atomic E-state index is 5.29. The van der Waals surface area contributed by atoms with Gasteiger partial charge < -0.3 is 9.84 Å². The Labute approximate surface area is 136 Å². The van der Waals surface area contributed by atoms with Crippen LogP contribution in [0.3, 0.4) is 0 Å². The molecular formula is C15H22ClN5O. The van der Waals surface area contributed by atoms with Crippen molar-refractivity contribution in [3.63, 3.8) is 0 Å². The smallest absolute Gasteiger partial charge is 0.229 e. The Morgan fingerprint density at radius 2 is 2.32 bits per heavy atom. The third kappa shape index (κ3) is 3.82. The van der Waals surface area contributed by atoms with Crippen LogP contribution >= 0.6 is 12.4 Å². The van der Waals surface area contributed by atoms with Gasteiger partial charge in [-0.05, 0) is 11.6 Å². The molecule has 0 bridgehead atoms. The summed E-state index contributed by atoms with van der Waals surface area (Å²) in [5.74, 6) is 1.73. The van der Waals surface area contributed by atoms with Crippen LogP contribution in [0.15, 0.2) is 29.0 Å². The van der Waals surface area contributed by atoms with E-state index in [9.17, 15) is 0 Å². The molecular weight excluding hydrogens is 302 g/mol. The third-order valence-electron chi connectivity index (χ3n) is 3.75. The standard InChI is InChI=1S/C15H21N5O.ClH/c1-11(2)15-18-14(19-21-15)10-20-7-6-17-9-13(20)12-4-3-5-16-8-12;/h3-5,8,11,13,17H,6-7,9-10H2,1-2H3;1H.